The number of hydrogen-bond acceptors (Lipinski definition) is 6. The molecule has 1 aliphatic heterocycles. The molecule has 2 heterocycles. The van der Waals surface area contributed by atoms with Gasteiger partial charge in [0.15, 0.2) is 11.5 Å². The van der Waals surface area contributed by atoms with E-state index in [4.69, 9.17) is 9.47 Å². The van der Waals surface area contributed by atoms with Gasteiger partial charge in [-0.25, -0.2) is 9.97 Å². The Labute approximate surface area is 162 Å². The summed E-state index contributed by atoms with van der Waals surface area (Å²) in [5.74, 6) is 1.84. The highest BCUT2D eigenvalue weighted by Gasteiger charge is 2.13. The highest BCUT2D eigenvalue weighted by Crippen LogP contribution is 2.32. The van der Waals surface area contributed by atoms with Gasteiger partial charge in [0, 0.05) is 13.1 Å². The van der Waals surface area contributed by atoms with E-state index in [1.54, 1.807) is 6.20 Å². The standard InChI is InChI=1S/C21H20N4O3/c1-14-4-2-3-5-16(14)10-25-21(26)17-11-24-20(12-22-17)23-9-15-6-7-18-19(8-15)28-13-27-18/h2-8,11-12H,9-10,13H2,1H3,(H,23,24)(H,25,26). The number of fused-ring (bicyclic) bond motifs is 1. The van der Waals surface area contributed by atoms with Crippen molar-refractivity contribution in [2.24, 2.45) is 0 Å². The van der Waals surface area contributed by atoms with Crippen LogP contribution in [-0.2, 0) is 13.1 Å². The van der Waals surface area contributed by atoms with Crippen molar-refractivity contribution < 1.29 is 14.3 Å². The van der Waals surface area contributed by atoms with Crippen LogP contribution in [0, 0.1) is 6.92 Å². The molecule has 2 N–H and O–H groups in total. The molecule has 1 amide bonds. The Balaban J connectivity index is 1.32. The molecule has 28 heavy (non-hydrogen) atoms. The molecule has 0 saturated heterocycles. The van der Waals surface area contributed by atoms with Gasteiger partial charge in [-0.2, -0.15) is 0 Å². The molecule has 7 heteroatoms. The van der Waals surface area contributed by atoms with Gasteiger partial charge in [-0.1, -0.05) is 30.3 Å². The van der Waals surface area contributed by atoms with E-state index < -0.39 is 0 Å². The van der Waals surface area contributed by atoms with Crippen molar-refractivity contribution in [3.63, 3.8) is 0 Å². The number of benzene rings is 2. The third kappa shape index (κ3) is 4.03. The molecule has 142 valence electrons. The predicted octanol–water partition coefficient (Wildman–Crippen LogP) is 3.06. The van der Waals surface area contributed by atoms with Crippen molar-refractivity contribution in [1.29, 1.82) is 0 Å². The van der Waals surface area contributed by atoms with Crippen LogP contribution in [0.25, 0.3) is 0 Å². The molecular formula is C21H20N4O3. The number of ether oxygens (including phenoxy) is 2. The zero-order chi connectivity index (χ0) is 19.3. The van der Waals surface area contributed by atoms with Crippen LogP contribution in [0.4, 0.5) is 5.82 Å². The van der Waals surface area contributed by atoms with Crippen LogP contribution in [0.1, 0.15) is 27.2 Å². The van der Waals surface area contributed by atoms with Crippen LogP contribution in [0.3, 0.4) is 0 Å². The summed E-state index contributed by atoms with van der Waals surface area (Å²) in [6.45, 7) is 3.29. The fraction of sp³-hybridized carbons (Fsp3) is 0.190. The lowest BCUT2D eigenvalue weighted by Gasteiger charge is -2.09. The average molecular weight is 376 g/mol. The Kier molecular flexibility index (Phi) is 5.05. The van der Waals surface area contributed by atoms with E-state index in [0.717, 1.165) is 28.2 Å². The normalized spacial score (nSPS) is 11.9. The predicted molar refractivity (Wildman–Crippen MR) is 104 cm³/mol. The SMILES string of the molecule is Cc1ccccc1CNC(=O)c1cnc(NCc2ccc3c(c2)OCO3)cn1. The molecule has 3 aromatic rings. The number of rotatable bonds is 6. The molecule has 4 rings (SSSR count). The fourth-order valence-electron chi connectivity index (χ4n) is 2.85. The van der Waals surface area contributed by atoms with E-state index in [9.17, 15) is 4.79 Å². The molecule has 0 unspecified atom stereocenters. The molecule has 0 radical (unpaired) electrons. The summed E-state index contributed by atoms with van der Waals surface area (Å²) in [6.07, 6.45) is 3.02. The summed E-state index contributed by atoms with van der Waals surface area (Å²) >= 11 is 0. The number of anilines is 1. The van der Waals surface area contributed by atoms with Gasteiger partial charge in [0.1, 0.15) is 11.5 Å². The van der Waals surface area contributed by atoms with Gasteiger partial charge in [-0.3, -0.25) is 4.79 Å². The summed E-state index contributed by atoms with van der Waals surface area (Å²) in [6, 6.07) is 13.7. The van der Waals surface area contributed by atoms with Gasteiger partial charge < -0.3 is 20.1 Å². The first-order valence-corrected chi connectivity index (χ1v) is 8.96. The first kappa shape index (κ1) is 17.8. The van der Waals surface area contributed by atoms with Crippen molar-refractivity contribution >= 4 is 11.7 Å². The second-order valence-corrected chi connectivity index (χ2v) is 6.44. The maximum Gasteiger partial charge on any atom is 0.271 e. The molecule has 7 nitrogen and oxygen atoms in total. The van der Waals surface area contributed by atoms with Crippen molar-refractivity contribution in [2.45, 2.75) is 20.0 Å². The van der Waals surface area contributed by atoms with E-state index in [1.165, 1.54) is 6.20 Å². The average Bonchev–Trinajstić information content (AvgIpc) is 3.20. The van der Waals surface area contributed by atoms with E-state index >= 15 is 0 Å². The van der Waals surface area contributed by atoms with Gasteiger partial charge in [-0.05, 0) is 35.7 Å². The molecule has 0 aliphatic carbocycles. The lowest BCUT2D eigenvalue weighted by Crippen LogP contribution is -2.24. The minimum Gasteiger partial charge on any atom is -0.454 e. The van der Waals surface area contributed by atoms with Crippen LogP contribution >= 0.6 is 0 Å². The van der Waals surface area contributed by atoms with E-state index in [0.29, 0.717) is 18.9 Å². The maximum absolute atomic E-state index is 12.3. The van der Waals surface area contributed by atoms with E-state index in [-0.39, 0.29) is 18.4 Å². The largest absolute Gasteiger partial charge is 0.454 e. The number of carbonyl (C=O) groups is 1. The van der Waals surface area contributed by atoms with E-state index in [1.807, 2.05) is 49.4 Å². The van der Waals surface area contributed by atoms with Gasteiger partial charge in [0.05, 0.1) is 12.4 Å². The number of aromatic nitrogens is 2. The number of amides is 1. The summed E-state index contributed by atoms with van der Waals surface area (Å²) in [7, 11) is 0. The Morgan fingerprint density at radius 2 is 1.89 bits per heavy atom. The van der Waals surface area contributed by atoms with Crippen LogP contribution in [0.5, 0.6) is 11.5 Å². The number of nitrogens with zero attached hydrogens (tertiary/aromatic N) is 2. The van der Waals surface area contributed by atoms with Crippen LogP contribution in [-0.4, -0.2) is 22.7 Å². The number of nitrogens with one attached hydrogen (secondary N) is 2. The Bertz CT molecular complexity index is 989. The lowest BCUT2D eigenvalue weighted by molar-refractivity contribution is 0.0945. The minimum atomic E-state index is -0.252. The summed E-state index contributed by atoms with van der Waals surface area (Å²) in [5.41, 5.74) is 3.52. The molecule has 0 saturated carbocycles. The molecule has 2 aromatic carbocycles. The second kappa shape index (κ2) is 7.96. The second-order valence-electron chi connectivity index (χ2n) is 6.44. The zero-order valence-electron chi connectivity index (χ0n) is 15.4. The first-order chi connectivity index (χ1) is 13.7. The molecular weight excluding hydrogens is 356 g/mol. The zero-order valence-corrected chi connectivity index (χ0v) is 15.4. The van der Waals surface area contributed by atoms with Crippen molar-refractivity contribution in [1.82, 2.24) is 15.3 Å². The maximum atomic E-state index is 12.3. The van der Waals surface area contributed by atoms with Gasteiger partial charge in [0.2, 0.25) is 6.79 Å². The third-order valence-electron chi connectivity index (χ3n) is 4.50. The van der Waals surface area contributed by atoms with Crippen LogP contribution < -0.4 is 20.1 Å². The van der Waals surface area contributed by atoms with Crippen molar-refractivity contribution in [2.75, 3.05) is 12.1 Å². The van der Waals surface area contributed by atoms with Gasteiger partial charge >= 0.3 is 0 Å². The third-order valence-corrected chi connectivity index (χ3v) is 4.50. The molecule has 1 aromatic heterocycles. The van der Waals surface area contributed by atoms with Gasteiger partial charge in [-0.15, -0.1) is 0 Å². The Morgan fingerprint density at radius 3 is 2.71 bits per heavy atom. The first-order valence-electron chi connectivity index (χ1n) is 8.96. The van der Waals surface area contributed by atoms with Crippen molar-refractivity contribution in [3.05, 3.63) is 77.2 Å². The molecule has 0 fully saturated rings. The van der Waals surface area contributed by atoms with Gasteiger partial charge in [0.25, 0.3) is 5.91 Å². The molecule has 0 atom stereocenters. The smallest absolute Gasteiger partial charge is 0.271 e. The number of hydrogen-bond donors (Lipinski definition) is 2. The fourth-order valence-corrected chi connectivity index (χ4v) is 2.85. The minimum absolute atomic E-state index is 0.252. The Morgan fingerprint density at radius 1 is 1.04 bits per heavy atom. The summed E-state index contributed by atoms with van der Waals surface area (Å²) in [4.78, 5) is 20.7. The van der Waals surface area contributed by atoms with Crippen LogP contribution in [0.2, 0.25) is 0 Å². The summed E-state index contributed by atoms with van der Waals surface area (Å²) < 4.78 is 10.7. The van der Waals surface area contributed by atoms with Crippen LogP contribution in [0.15, 0.2) is 54.9 Å². The highest BCUT2D eigenvalue weighted by atomic mass is 16.7. The number of aryl methyl sites for hydroxylation is 1. The number of carbonyl (C=O) groups excluding carboxylic acids is 1. The monoisotopic (exact) mass is 376 g/mol. The van der Waals surface area contributed by atoms with Crippen molar-refractivity contribution in [3.8, 4) is 11.5 Å². The molecule has 0 spiro atoms. The van der Waals surface area contributed by atoms with E-state index in [2.05, 4.69) is 20.6 Å². The highest BCUT2D eigenvalue weighted by molar-refractivity contribution is 5.91. The molecule has 0 bridgehead atoms. The Hall–Kier alpha value is -3.61. The summed E-state index contributed by atoms with van der Waals surface area (Å²) in [5, 5.41) is 6.05. The lowest BCUT2D eigenvalue weighted by atomic mass is 10.1. The quantitative estimate of drug-likeness (QED) is 0.688. The topological polar surface area (TPSA) is 85.4 Å². The molecule has 1 aliphatic rings.